The lowest BCUT2D eigenvalue weighted by atomic mass is 9.63. The molecule has 1 aliphatic rings. The van der Waals surface area contributed by atoms with Gasteiger partial charge in [-0.2, -0.15) is 0 Å². The van der Waals surface area contributed by atoms with E-state index in [1.54, 1.807) is 12.1 Å². The molecule has 2 aromatic carbocycles. The maximum absolute atomic E-state index is 11.5. The summed E-state index contributed by atoms with van der Waals surface area (Å²) in [5, 5.41) is 12.9. The summed E-state index contributed by atoms with van der Waals surface area (Å²) in [7, 11) is 0. The minimum atomic E-state index is -0.378. The molecule has 0 saturated carbocycles. The SMILES string of the molecule is CC1(C)CCC(C)(C)c2cc(Nc3ccc(O)c(=O)cc3)ccc21. The molecule has 0 spiro atoms. The van der Waals surface area contributed by atoms with E-state index in [2.05, 4.69) is 51.2 Å². The Morgan fingerprint density at radius 1 is 0.833 bits per heavy atom. The van der Waals surface area contributed by atoms with Gasteiger partial charge in [0.2, 0.25) is 5.43 Å². The lowest BCUT2D eigenvalue weighted by Crippen LogP contribution is -2.33. The van der Waals surface area contributed by atoms with Crippen LogP contribution in [0.3, 0.4) is 0 Å². The molecule has 0 saturated heterocycles. The van der Waals surface area contributed by atoms with Gasteiger partial charge in [0.25, 0.3) is 0 Å². The van der Waals surface area contributed by atoms with Gasteiger partial charge < -0.3 is 10.4 Å². The van der Waals surface area contributed by atoms with Crippen LogP contribution in [-0.2, 0) is 10.8 Å². The molecule has 2 aromatic rings. The fraction of sp³-hybridized carbons (Fsp3) is 0.381. The molecule has 0 fully saturated rings. The molecule has 0 aliphatic heterocycles. The Balaban J connectivity index is 2.00. The quantitative estimate of drug-likeness (QED) is 0.831. The van der Waals surface area contributed by atoms with Crippen LogP contribution in [0.2, 0.25) is 0 Å². The topological polar surface area (TPSA) is 49.3 Å². The standard InChI is InChI=1S/C21H25NO2/c1-20(2)11-12-21(3,4)17-13-15(5-8-16(17)20)22-14-6-9-18(23)19(24)10-7-14/h5-10,13,22H,11-12H2,1-4H3,(H,23,24). The number of rotatable bonds is 2. The van der Waals surface area contributed by atoms with E-state index >= 15 is 0 Å². The molecule has 3 heteroatoms. The van der Waals surface area contributed by atoms with Gasteiger partial charge in [-0.15, -0.1) is 0 Å². The summed E-state index contributed by atoms with van der Waals surface area (Å²) in [6, 6.07) is 12.7. The van der Waals surface area contributed by atoms with Gasteiger partial charge in [0, 0.05) is 11.4 Å². The van der Waals surface area contributed by atoms with Crippen molar-refractivity contribution in [2.75, 3.05) is 5.32 Å². The Hall–Kier alpha value is -2.29. The number of benzene rings is 1. The van der Waals surface area contributed by atoms with Crippen LogP contribution in [0.25, 0.3) is 0 Å². The van der Waals surface area contributed by atoms with Crippen LogP contribution in [0.4, 0.5) is 11.4 Å². The molecule has 0 aromatic heterocycles. The van der Waals surface area contributed by atoms with E-state index in [1.165, 1.54) is 36.1 Å². The van der Waals surface area contributed by atoms with E-state index in [9.17, 15) is 9.90 Å². The molecular formula is C21H25NO2. The van der Waals surface area contributed by atoms with Crippen molar-refractivity contribution in [3.8, 4) is 5.75 Å². The van der Waals surface area contributed by atoms with Gasteiger partial charge >= 0.3 is 0 Å². The number of nitrogens with one attached hydrogen (secondary N) is 1. The van der Waals surface area contributed by atoms with Gasteiger partial charge in [0.05, 0.1) is 0 Å². The van der Waals surface area contributed by atoms with Crippen molar-refractivity contribution in [2.24, 2.45) is 0 Å². The summed E-state index contributed by atoms with van der Waals surface area (Å²) < 4.78 is 0. The van der Waals surface area contributed by atoms with Crippen LogP contribution < -0.4 is 10.7 Å². The highest BCUT2D eigenvalue weighted by Crippen LogP contribution is 2.46. The predicted molar refractivity (Wildman–Crippen MR) is 99.4 cm³/mol. The van der Waals surface area contributed by atoms with Gasteiger partial charge in [-0.25, -0.2) is 0 Å². The van der Waals surface area contributed by atoms with Crippen LogP contribution in [0.1, 0.15) is 51.7 Å². The fourth-order valence-corrected chi connectivity index (χ4v) is 3.47. The Morgan fingerprint density at radius 3 is 2.12 bits per heavy atom. The normalized spacial score (nSPS) is 17.8. The lowest BCUT2D eigenvalue weighted by molar-refractivity contribution is 0.332. The molecule has 126 valence electrons. The summed E-state index contributed by atoms with van der Waals surface area (Å²) in [6.07, 6.45) is 2.37. The molecule has 0 bridgehead atoms. The third kappa shape index (κ3) is 3.03. The molecule has 3 nitrogen and oxygen atoms in total. The van der Waals surface area contributed by atoms with Crippen molar-refractivity contribution in [3.63, 3.8) is 0 Å². The summed E-state index contributed by atoms with van der Waals surface area (Å²) in [4.78, 5) is 11.5. The average molecular weight is 323 g/mol. The molecule has 0 radical (unpaired) electrons. The Kier molecular flexibility index (Phi) is 3.90. The van der Waals surface area contributed by atoms with Crippen LogP contribution in [0.5, 0.6) is 5.75 Å². The van der Waals surface area contributed by atoms with Gasteiger partial charge in [-0.3, -0.25) is 4.79 Å². The third-order valence-electron chi connectivity index (χ3n) is 5.23. The molecule has 1 aliphatic carbocycles. The highest BCUT2D eigenvalue weighted by Gasteiger charge is 2.36. The van der Waals surface area contributed by atoms with Crippen molar-refractivity contribution in [1.82, 2.24) is 0 Å². The number of hydrogen-bond donors (Lipinski definition) is 2. The molecule has 0 amide bonds. The molecule has 3 rings (SSSR count). The summed E-state index contributed by atoms with van der Waals surface area (Å²) in [6.45, 7) is 9.22. The maximum Gasteiger partial charge on any atom is 0.220 e. The Labute approximate surface area is 143 Å². The van der Waals surface area contributed by atoms with Gasteiger partial charge in [0.15, 0.2) is 5.75 Å². The first-order chi connectivity index (χ1) is 11.2. The minimum absolute atomic E-state index is 0.157. The fourth-order valence-electron chi connectivity index (χ4n) is 3.47. The smallest absolute Gasteiger partial charge is 0.220 e. The second-order valence-electron chi connectivity index (χ2n) is 8.02. The zero-order chi connectivity index (χ0) is 17.5. The first-order valence-corrected chi connectivity index (χ1v) is 8.44. The Bertz CT molecular complexity index is 837. The van der Waals surface area contributed by atoms with Crippen LogP contribution in [0, 0.1) is 0 Å². The lowest BCUT2D eigenvalue weighted by Gasteiger charge is -2.42. The van der Waals surface area contributed by atoms with E-state index < -0.39 is 0 Å². The molecule has 24 heavy (non-hydrogen) atoms. The van der Waals surface area contributed by atoms with E-state index in [0.29, 0.717) is 0 Å². The largest absolute Gasteiger partial charge is 0.504 e. The van der Waals surface area contributed by atoms with Crippen LogP contribution in [0.15, 0.2) is 47.3 Å². The molecular weight excluding hydrogens is 298 g/mol. The highest BCUT2D eigenvalue weighted by molar-refractivity contribution is 5.62. The first kappa shape index (κ1) is 16.6. The van der Waals surface area contributed by atoms with E-state index in [-0.39, 0.29) is 22.0 Å². The molecule has 0 unspecified atom stereocenters. The van der Waals surface area contributed by atoms with Crippen molar-refractivity contribution >= 4 is 11.4 Å². The first-order valence-electron chi connectivity index (χ1n) is 8.44. The average Bonchev–Trinajstić information content (AvgIpc) is 2.68. The Morgan fingerprint density at radius 2 is 1.42 bits per heavy atom. The van der Waals surface area contributed by atoms with Crippen molar-refractivity contribution in [2.45, 2.75) is 51.4 Å². The van der Waals surface area contributed by atoms with E-state index in [1.807, 2.05) is 0 Å². The van der Waals surface area contributed by atoms with Crippen molar-refractivity contribution < 1.29 is 5.11 Å². The predicted octanol–water partition coefficient (Wildman–Crippen LogP) is 4.85. The number of fused-ring (bicyclic) bond motifs is 1. The van der Waals surface area contributed by atoms with Crippen molar-refractivity contribution in [3.05, 3.63) is 63.8 Å². The number of anilines is 2. The number of aromatic hydroxyl groups is 1. The van der Waals surface area contributed by atoms with Gasteiger partial charge in [-0.05, 0) is 71.2 Å². The van der Waals surface area contributed by atoms with E-state index in [4.69, 9.17) is 0 Å². The van der Waals surface area contributed by atoms with Gasteiger partial charge in [0.1, 0.15) is 0 Å². The highest BCUT2D eigenvalue weighted by atomic mass is 16.3. The summed E-state index contributed by atoms with van der Waals surface area (Å²) >= 11 is 0. The van der Waals surface area contributed by atoms with Gasteiger partial charge in [-0.1, -0.05) is 33.8 Å². The van der Waals surface area contributed by atoms with E-state index in [0.717, 1.165) is 11.4 Å². The van der Waals surface area contributed by atoms with Crippen LogP contribution in [-0.4, -0.2) is 5.11 Å². The summed E-state index contributed by atoms with van der Waals surface area (Å²) in [5.41, 5.74) is 4.56. The second-order valence-corrected chi connectivity index (χ2v) is 8.02. The number of hydrogen-bond acceptors (Lipinski definition) is 3. The summed E-state index contributed by atoms with van der Waals surface area (Å²) in [5.74, 6) is -0.239. The zero-order valence-electron chi connectivity index (χ0n) is 14.8. The van der Waals surface area contributed by atoms with Crippen LogP contribution >= 0.6 is 0 Å². The maximum atomic E-state index is 11.5. The third-order valence-corrected chi connectivity index (χ3v) is 5.23. The second kappa shape index (κ2) is 5.66. The van der Waals surface area contributed by atoms with Crippen molar-refractivity contribution in [1.29, 1.82) is 0 Å². The molecule has 2 N–H and O–H groups in total. The molecule has 0 atom stereocenters. The minimum Gasteiger partial charge on any atom is -0.504 e. The zero-order valence-corrected chi connectivity index (χ0v) is 14.8. The monoisotopic (exact) mass is 323 g/mol. The molecule has 0 heterocycles.